The Morgan fingerprint density at radius 1 is 1.00 bits per heavy atom. The second-order valence-electron chi connectivity index (χ2n) is 4.62. The molecule has 4 amide bonds. The third kappa shape index (κ3) is 1.09. The summed E-state index contributed by atoms with van der Waals surface area (Å²) in [4.78, 5) is 35.4. The van der Waals surface area contributed by atoms with Crippen molar-refractivity contribution < 1.29 is 14.4 Å². The Bertz CT molecular complexity index is 623. The van der Waals surface area contributed by atoms with Gasteiger partial charge in [0.25, 0.3) is 11.8 Å². The first-order valence-corrected chi connectivity index (χ1v) is 5.52. The van der Waals surface area contributed by atoms with Crippen LogP contribution in [0.4, 0.5) is 10.5 Å². The van der Waals surface area contributed by atoms with Gasteiger partial charge in [0, 0.05) is 5.56 Å². The van der Waals surface area contributed by atoms with Crippen LogP contribution < -0.4 is 16.0 Å². The van der Waals surface area contributed by atoms with Gasteiger partial charge < -0.3 is 10.6 Å². The van der Waals surface area contributed by atoms with E-state index in [0.717, 1.165) is 11.1 Å². The number of imide groups is 1. The maximum Gasteiger partial charge on any atom is 0.323 e. The number of carbonyl (C=O) groups excluding carboxylic acids is 3. The van der Waals surface area contributed by atoms with E-state index in [1.165, 1.54) is 0 Å². The number of fused-ring (bicyclic) bond motifs is 2. The van der Waals surface area contributed by atoms with Gasteiger partial charge in [0.2, 0.25) is 5.54 Å². The number of amides is 4. The van der Waals surface area contributed by atoms with Crippen molar-refractivity contribution in [2.24, 2.45) is 0 Å². The van der Waals surface area contributed by atoms with Crippen LogP contribution in [0.25, 0.3) is 0 Å². The Labute approximate surface area is 103 Å². The second kappa shape index (κ2) is 3.10. The van der Waals surface area contributed by atoms with Crippen LogP contribution in [0.3, 0.4) is 0 Å². The summed E-state index contributed by atoms with van der Waals surface area (Å²) < 4.78 is 0. The molecule has 1 spiro atoms. The molecule has 0 radical (unpaired) electrons. The predicted molar refractivity (Wildman–Crippen MR) is 62.9 cm³/mol. The summed E-state index contributed by atoms with van der Waals surface area (Å²) in [7, 11) is 0. The number of benzene rings is 1. The van der Waals surface area contributed by atoms with Crippen molar-refractivity contribution in [2.75, 3.05) is 5.32 Å². The number of rotatable bonds is 0. The molecule has 0 saturated carbocycles. The van der Waals surface area contributed by atoms with Crippen LogP contribution in [0.5, 0.6) is 0 Å². The van der Waals surface area contributed by atoms with Crippen LogP contribution in [0.1, 0.15) is 16.7 Å². The van der Waals surface area contributed by atoms with E-state index in [9.17, 15) is 14.4 Å². The zero-order valence-electron chi connectivity index (χ0n) is 9.88. The molecule has 1 aromatic carbocycles. The molecule has 2 heterocycles. The van der Waals surface area contributed by atoms with Crippen molar-refractivity contribution in [3.8, 4) is 0 Å². The highest BCUT2D eigenvalue weighted by atomic mass is 16.2. The molecule has 1 unspecified atom stereocenters. The first-order chi connectivity index (χ1) is 8.45. The highest BCUT2D eigenvalue weighted by molar-refractivity contribution is 6.27. The molecule has 1 saturated heterocycles. The van der Waals surface area contributed by atoms with Crippen LogP contribution >= 0.6 is 0 Å². The summed E-state index contributed by atoms with van der Waals surface area (Å²) in [6.45, 7) is 3.72. The smallest absolute Gasteiger partial charge is 0.323 e. The van der Waals surface area contributed by atoms with E-state index < -0.39 is 23.4 Å². The van der Waals surface area contributed by atoms with E-state index in [1.807, 2.05) is 19.9 Å². The number of carbonyl (C=O) groups is 3. The van der Waals surface area contributed by atoms with Gasteiger partial charge in [-0.05, 0) is 19.4 Å². The Morgan fingerprint density at radius 2 is 1.67 bits per heavy atom. The third-order valence-corrected chi connectivity index (χ3v) is 3.33. The standard InChI is InChI=1S/C12H11N3O3/c1-5-3-6(2)8-7(4-5)12(9(16)13-8)10(17)14-11(18)15-12/h3-4H,1-2H3,(H,13,16)(H2,14,15,17,18). The number of aryl methyl sites for hydroxylation is 2. The topological polar surface area (TPSA) is 87.3 Å². The van der Waals surface area contributed by atoms with Crippen molar-refractivity contribution in [1.29, 1.82) is 0 Å². The van der Waals surface area contributed by atoms with Crippen molar-refractivity contribution in [3.05, 3.63) is 28.8 Å². The number of hydrogen-bond donors (Lipinski definition) is 3. The zero-order valence-corrected chi connectivity index (χ0v) is 9.88. The van der Waals surface area contributed by atoms with Gasteiger partial charge in [-0.1, -0.05) is 17.7 Å². The van der Waals surface area contributed by atoms with Crippen LogP contribution in [0.15, 0.2) is 12.1 Å². The fourth-order valence-electron chi connectivity index (χ4n) is 2.56. The van der Waals surface area contributed by atoms with Gasteiger partial charge in [-0.15, -0.1) is 0 Å². The van der Waals surface area contributed by atoms with E-state index in [-0.39, 0.29) is 0 Å². The Morgan fingerprint density at radius 3 is 2.28 bits per heavy atom. The normalized spacial score (nSPS) is 24.9. The average Bonchev–Trinajstić information content (AvgIpc) is 2.71. The minimum atomic E-state index is -1.61. The zero-order chi connectivity index (χ0) is 13.1. The molecule has 3 rings (SSSR count). The molecule has 1 atom stereocenters. The molecule has 2 aliphatic rings. The predicted octanol–water partition coefficient (Wildman–Crippen LogP) is 0.290. The van der Waals surface area contributed by atoms with Crippen molar-refractivity contribution in [2.45, 2.75) is 19.4 Å². The summed E-state index contributed by atoms with van der Waals surface area (Å²) in [5.74, 6) is -1.15. The SMILES string of the molecule is Cc1cc(C)c2c(c1)C1(NC(=O)NC1=O)C(=O)N2. The number of urea groups is 1. The minimum absolute atomic E-state index is 0.508. The van der Waals surface area contributed by atoms with Crippen molar-refractivity contribution in [3.63, 3.8) is 0 Å². The maximum atomic E-state index is 12.1. The Kier molecular flexibility index (Phi) is 1.85. The number of anilines is 1. The van der Waals surface area contributed by atoms with E-state index in [1.54, 1.807) is 6.07 Å². The Balaban J connectivity index is 2.30. The number of nitrogens with one attached hydrogen (secondary N) is 3. The van der Waals surface area contributed by atoms with Gasteiger partial charge in [0.05, 0.1) is 5.69 Å². The van der Waals surface area contributed by atoms with Gasteiger partial charge in [0.1, 0.15) is 0 Å². The largest absolute Gasteiger partial charge is 0.323 e. The molecule has 6 nitrogen and oxygen atoms in total. The maximum absolute atomic E-state index is 12.1. The molecule has 0 aliphatic carbocycles. The lowest BCUT2D eigenvalue weighted by atomic mass is 9.89. The van der Waals surface area contributed by atoms with E-state index in [0.29, 0.717) is 11.3 Å². The van der Waals surface area contributed by atoms with E-state index in [4.69, 9.17) is 0 Å². The third-order valence-electron chi connectivity index (χ3n) is 3.33. The highest BCUT2D eigenvalue weighted by Gasteiger charge is 2.58. The fourth-order valence-corrected chi connectivity index (χ4v) is 2.56. The summed E-state index contributed by atoms with van der Waals surface area (Å²) >= 11 is 0. The van der Waals surface area contributed by atoms with Gasteiger partial charge in [-0.25, -0.2) is 4.79 Å². The molecular formula is C12H11N3O3. The average molecular weight is 245 g/mol. The minimum Gasteiger partial charge on any atom is -0.323 e. The fraction of sp³-hybridized carbons (Fsp3) is 0.250. The highest BCUT2D eigenvalue weighted by Crippen LogP contribution is 2.40. The van der Waals surface area contributed by atoms with Gasteiger partial charge in [0.15, 0.2) is 0 Å². The van der Waals surface area contributed by atoms with Crippen LogP contribution in [0, 0.1) is 13.8 Å². The molecular weight excluding hydrogens is 234 g/mol. The molecule has 0 bridgehead atoms. The van der Waals surface area contributed by atoms with Crippen molar-refractivity contribution in [1.82, 2.24) is 10.6 Å². The van der Waals surface area contributed by atoms with Gasteiger partial charge in [-0.3, -0.25) is 14.9 Å². The molecule has 1 fully saturated rings. The van der Waals surface area contributed by atoms with Crippen LogP contribution in [-0.2, 0) is 15.1 Å². The molecule has 2 aliphatic heterocycles. The van der Waals surface area contributed by atoms with Crippen LogP contribution in [-0.4, -0.2) is 17.8 Å². The van der Waals surface area contributed by atoms with E-state index >= 15 is 0 Å². The van der Waals surface area contributed by atoms with Crippen molar-refractivity contribution >= 4 is 23.5 Å². The van der Waals surface area contributed by atoms with Crippen LogP contribution in [0.2, 0.25) is 0 Å². The summed E-state index contributed by atoms with van der Waals surface area (Å²) in [5, 5.41) is 7.20. The molecule has 0 aromatic heterocycles. The Hall–Kier alpha value is -2.37. The lowest BCUT2D eigenvalue weighted by molar-refractivity contribution is -0.132. The summed E-state index contributed by atoms with van der Waals surface area (Å²) in [5.41, 5.74) is 1.29. The molecule has 92 valence electrons. The second-order valence-corrected chi connectivity index (χ2v) is 4.62. The molecule has 1 aromatic rings. The quantitative estimate of drug-likeness (QED) is 0.453. The molecule has 3 N–H and O–H groups in total. The monoisotopic (exact) mass is 245 g/mol. The van der Waals surface area contributed by atoms with Gasteiger partial charge in [-0.2, -0.15) is 0 Å². The summed E-state index contributed by atoms with van der Waals surface area (Å²) in [6, 6.07) is 3.00. The molecule has 18 heavy (non-hydrogen) atoms. The van der Waals surface area contributed by atoms with Gasteiger partial charge >= 0.3 is 6.03 Å². The lowest BCUT2D eigenvalue weighted by Gasteiger charge is -2.18. The first kappa shape index (κ1) is 10.8. The van der Waals surface area contributed by atoms with E-state index in [2.05, 4.69) is 16.0 Å². The lowest BCUT2D eigenvalue weighted by Crippen LogP contribution is -2.49. The summed E-state index contributed by atoms with van der Waals surface area (Å²) in [6.07, 6.45) is 0. The first-order valence-electron chi connectivity index (χ1n) is 5.52. The number of hydrogen-bond acceptors (Lipinski definition) is 3. The molecule has 6 heteroatoms.